The standard InChI is InChI=1S/C59H98O5/c1-3-5-7-9-11-13-15-17-18-19-20-21-22-23-24-25-26-27-28-29-30-31-32-33-34-35-36-37-38-39-40-42-44-46-48-50-52-54-59(62)64-57(55-60)56-63-58(61)53-51-49-47-45-43-41-16-14-12-10-8-6-4-2/h5-8,11-14,17-18,20-21,23-24,41,43,47,49,57,60H,3-4,9-10,15-16,19,22,25-40,42,44-46,48,50-56H2,1-2H3/b7-5-,8-6-,13-11-,14-12-,18-17-,21-20-,24-23-,43-41-,49-47-. The van der Waals surface area contributed by atoms with Crippen LogP contribution in [0.5, 0.6) is 0 Å². The molecule has 5 nitrogen and oxygen atoms in total. The Morgan fingerprint density at radius 2 is 0.656 bits per heavy atom. The van der Waals surface area contributed by atoms with Crippen LogP contribution in [0.2, 0.25) is 0 Å². The van der Waals surface area contributed by atoms with Gasteiger partial charge in [-0.3, -0.25) is 9.59 Å². The molecule has 0 aliphatic heterocycles. The Bertz CT molecular complexity index is 1280. The van der Waals surface area contributed by atoms with Gasteiger partial charge in [-0.05, 0) is 83.5 Å². The number of aliphatic hydroxyl groups is 1. The Morgan fingerprint density at radius 3 is 1.00 bits per heavy atom. The topological polar surface area (TPSA) is 72.8 Å². The molecule has 1 N–H and O–H groups in total. The molecule has 0 saturated heterocycles. The number of carbonyl (C=O) groups excluding carboxylic acids is 2. The second-order valence-corrected chi connectivity index (χ2v) is 17.2. The molecule has 0 aromatic heterocycles. The number of carbonyl (C=O) groups is 2. The first kappa shape index (κ1) is 60.6. The third-order valence-electron chi connectivity index (χ3n) is 11.1. The maximum Gasteiger partial charge on any atom is 0.306 e. The number of hydrogen-bond acceptors (Lipinski definition) is 5. The fourth-order valence-electron chi connectivity index (χ4n) is 7.18. The number of allylic oxidation sites excluding steroid dienone is 18. The van der Waals surface area contributed by atoms with Gasteiger partial charge in [0.05, 0.1) is 6.61 Å². The number of unbranched alkanes of at least 4 members (excludes halogenated alkanes) is 21. The average molecular weight is 887 g/mol. The lowest BCUT2D eigenvalue weighted by molar-refractivity contribution is -0.161. The lowest BCUT2D eigenvalue weighted by Crippen LogP contribution is -2.28. The normalized spacial score (nSPS) is 13.1. The van der Waals surface area contributed by atoms with Crippen LogP contribution < -0.4 is 0 Å². The predicted molar refractivity (Wildman–Crippen MR) is 279 cm³/mol. The Labute approximate surface area is 395 Å². The van der Waals surface area contributed by atoms with Crippen molar-refractivity contribution in [2.24, 2.45) is 0 Å². The number of hydrogen-bond donors (Lipinski definition) is 1. The summed E-state index contributed by atoms with van der Waals surface area (Å²) in [6.45, 7) is 3.84. The summed E-state index contributed by atoms with van der Waals surface area (Å²) in [5, 5.41) is 9.59. The Morgan fingerprint density at radius 1 is 0.359 bits per heavy atom. The summed E-state index contributed by atoms with van der Waals surface area (Å²) in [5.74, 6) is -0.685. The molecule has 0 aromatic rings. The maximum atomic E-state index is 12.3. The molecular formula is C59H98O5. The van der Waals surface area contributed by atoms with Crippen LogP contribution in [0.1, 0.15) is 232 Å². The van der Waals surface area contributed by atoms with E-state index in [1.807, 2.05) is 12.2 Å². The third-order valence-corrected chi connectivity index (χ3v) is 11.1. The molecule has 0 fully saturated rings. The van der Waals surface area contributed by atoms with E-state index in [2.05, 4.69) is 111 Å². The van der Waals surface area contributed by atoms with Gasteiger partial charge in [-0.2, -0.15) is 0 Å². The van der Waals surface area contributed by atoms with Crippen LogP contribution in [0.25, 0.3) is 0 Å². The van der Waals surface area contributed by atoms with Gasteiger partial charge in [0.1, 0.15) is 6.61 Å². The molecule has 5 heteroatoms. The summed E-state index contributed by atoms with van der Waals surface area (Å²) in [4.78, 5) is 24.3. The highest BCUT2D eigenvalue weighted by molar-refractivity contribution is 5.70. The first-order chi connectivity index (χ1) is 31.6. The van der Waals surface area contributed by atoms with Crippen molar-refractivity contribution in [3.63, 3.8) is 0 Å². The minimum absolute atomic E-state index is 0.107. The first-order valence-electron chi connectivity index (χ1n) is 26.4. The summed E-state index contributed by atoms with van der Waals surface area (Å²) in [5.41, 5.74) is 0. The molecule has 0 aliphatic rings. The Hall–Kier alpha value is -3.44. The van der Waals surface area contributed by atoms with Gasteiger partial charge in [0.15, 0.2) is 6.10 Å². The van der Waals surface area contributed by atoms with E-state index in [9.17, 15) is 14.7 Å². The predicted octanol–water partition coefficient (Wildman–Crippen LogP) is 17.7. The fraction of sp³-hybridized carbons (Fsp3) is 0.661. The Balaban J connectivity index is 3.47. The van der Waals surface area contributed by atoms with Crippen molar-refractivity contribution in [3.05, 3.63) is 109 Å². The van der Waals surface area contributed by atoms with Crippen LogP contribution in [-0.4, -0.2) is 36.4 Å². The Kier molecular flexibility index (Phi) is 51.0. The molecule has 0 rings (SSSR count). The van der Waals surface area contributed by atoms with Crippen molar-refractivity contribution >= 4 is 11.9 Å². The van der Waals surface area contributed by atoms with E-state index in [1.54, 1.807) is 0 Å². The quantitative estimate of drug-likeness (QED) is 0.0374. The van der Waals surface area contributed by atoms with Crippen LogP contribution in [-0.2, 0) is 19.1 Å². The maximum absolute atomic E-state index is 12.3. The van der Waals surface area contributed by atoms with Gasteiger partial charge in [-0.25, -0.2) is 0 Å². The van der Waals surface area contributed by atoms with Crippen LogP contribution in [0.3, 0.4) is 0 Å². The minimum Gasteiger partial charge on any atom is -0.462 e. The summed E-state index contributed by atoms with van der Waals surface area (Å²) in [6.07, 6.45) is 78.0. The molecule has 0 aliphatic carbocycles. The van der Waals surface area contributed by atoms with Gasteiger partial charge >= 0.3 is 11.9 Å². The molecule has 0 heterocycles. The van der Waals surface area contributed by atoms with Crippen molar-refractivity contribution in [1.82, 2.24) is 0 Å². The van der Waals surface area contributed by atoms with Gasteiger partial charge in [0.25, 0.3) is 0 Å². The van der Waals surface area contributed by atoms with Crippen molar-refractivity contribution in [1.29, 1.82) is 0 Å². The zero-order valence-corrected chi connectivity index (χ0v) is 41.5. The summed E-state index contributed by atoms with van der Waals surface area (Å²) in [7, 11) is 0. The lowest BCUT2D eigenvalue weighted by Gasteiger charge is -2.15. The van der Waals surface area contributed by atoms with Gasteiger partial charge in [0, 0.05) is 12.8 Å². The smallest absolute Gasteiger partial charge is 0.306 e. The highest BCUT2D eigenvalue weighted by Crippen LogP contribution is 2.16. The van der Waals surface area contributed by atoms with Crippen LogP contribution in [0, 0.1) is 0 Å². The van der Waals surface area contributed by atoms with E-state index in [-0.39, 0.29) is 31.6 Å². The second-order valence-electron chi connectivity index (χ2n) is 17.2. The zero-order valence-electron chi connectivity index (χ0n) is 41.5. The van der Waals surface area contributed by atoms with Crippen molar-refractivity contribution in [2.45, 2.75) is 238 Å². The lowest BCUT2D eigenvalue weighted by atomic mass is 10.0. The molecule has 0 bridgehead atoms. The number of aliphatic hydroxyl groups excluding tert-OH is 1. The zero-order chi connectivity index (χ0) is 46.3. The monoisotopic (exact) mass is 887 g/mol. The molecule has 364 valence electrons. The third kappa shape index (κ3) is 51.2. The first-order valence-corrected chi connectivity index (χ1v) is 26.4. The van der Waals surface area contributed by atoms with Crippen LogP contribution >= 0.6 is 0 Å². The van der Waals surface area contributed by atoms with Crippen LogP contribution in [0.15, 0.2) is 109 Å². The number of ether oxygens (including phenoxy) is 2. The molecule has 1 unspecified atom stereocenters. The highest BCUT2D eigenvalue weighted by atomic mass is 16.6. The van der Waals surface area contributed by atoms with Gasteiger partial charge < -0.3 is 14.6 Å². The SMILES string of the molecule is CC/C=C\C/C=C\C/C=C\C/C=C\C/C=C\CCCCCCCCCCCCCCCCCCCCCCCC(=O)OC(CO)COC(=O)CC/C=C\C/C=C\C/C=C\C/C=C\CC. The molecule has 0 radical (unpaired) electrons. The van der Waals surface area contributed by atoms with E-state index in [1.165, 1.54) is 122 Å². The van der Waals surface area contributed by atoms with E-state index in [4.69, 9.17) is 9.47 Å². The van der Waals surface area contributed by atoms with Gasteiger partial charge in [-0.1, -0.05) is 245 Å². The van der Waals surface area contributed by atoms with Crippen molar-refractivity contribution in [3.8, 4) is 0 Å². The minimum atomic E-state index is -0.804. The molecule has 64 heavy (non-hydrogen) atoms. The highest BCUT2D eigenvalue weighted by Gasteiger charge is 2.16. The van der Waals surface area contributed by atoms with E-state index in [0.717, 1.165) is 77.0 Å². The average Bonchev–Trinajstić information content (AvgIpc) is 3.30. The fourth-order valence-corrected chi connectivity index (χ4v) is 7.18. The van der Waals surface area contributed by atoms with Gasteiger partial charge in [0.2, 0.25) is 0 Å². The largest absolute Gasteiger partial charge is 0.462 e. The van der Waals surface area contributed by atoms with E-state index in [0.29, 0.717) is 12.8 Å². The number of esters is 2. The summed E-state index contributed by atoms with van der Waals surface area (Å²) < 4.78 is 10.6. The van der Waals surface area contributed by atoms with E-state index >= 15 is 0 Å². The van der Waals surface area contributed by atoms with E-state index < -0.39 is 6.10 Å². The summed E-state index contributed by atoms with van der Waals surface area (Å²) >= 11 is 0. The second kappa shape index (κ2) is 53.9. The van der Waals surface area contributed by atoms with Crippen molar-refractivity contribution in [2.75, 3.05) is 13.2 Å². The molecule has 0 saturated carbocycles. The molecule has 0 spiro atoms. The molecule has 1 atom stereocenters. The summed E-state index contributed by atoms with van der Waals surface area (Å²) in [6, 6.07) is 0. The van der Waals surface area contributed by atoms with Crippen LogP contribution in [0.4, 0.5) is 0 Å². The molecular weight excluding hydrogens is 789 g/mol. The van der Waals surface area contributed by atoms with Crippen molar-refractivity contribution < 1.29 is 24.2 Å². The molecule has 0 amide bonds. The molecule has 0 aromatic carbocycles. The number of rotatable bonds is 47. The van der Waals surface area contributed by atoms with Gasteiger partial charge in [-0.15, -0.1) is 0 Å².